The van der Waals surface area contributed by atoms with Crippen LogP contribution in [-0.2, 0) is 4.79 Å². The van der Waals surface area contributed by atoms with Crippen LogP contribution in [0.25, 0.3) is 21.2 Å². The Balaban J connectivity index is 1.99. The fraction of sp³-hybridized carbons (Fsp3) is 0.0714. The standard InChI is InChI=1S/C14H11N3OS/c1-9(18)17-14-16-8-13(19-14)11-2-3-12-7-15-5-4-10(12)6-11/h2-8H,1H3,(H,16,17,18). The average molecular weight is 269 g/mol. The number of carbonyl (C=O) groups excluding carboxylic acids is 1. The molecule has 0 bridgehead atoms. The Bertz CT molecular complexity index is 751. The van der Waals surface area contributed by atoms with Crippen molar-refractivity contribution in [3.8, 4) is 10.4 Å². The molecule has 2 aromatic heterocycles. The van der Waals surface area contributed by atoms with Gasteiger partial charge in [0.15, 0.2) is 5.13 Å². The molecule has 1 N–H and O–H groups in total. The summed E-state index contributed by atoms with van der Waals surface area (Å²) in [5, 5.41) is 5.56. The van der Waals surface area contributed by atoms with E-state index in [2.05, 4.69) is 21.4 Å². The maximum atomic E-state index is 11.0. The molecular weight excluding hydrogens is 258 g/mol. The van der Waals surface area contributed by atoms with Gasteiger partial charge in [-0.25, -0.2) is 4.98 Å². The number of amides is 1. The Kier molecular flexibility index (Phi) is 2.97. The molecule has 0 spiro atoms. The number of pyridine rings is 1. The van der Waals surface area contributed by atoms with Crippen LogP contribution < -0.4 is 5.32 Å². The average Bonchev–Trinajstić information content (AvgIpc) is 2.86. The third-order valence-corrected chi connectivity index (χ3v) is 3.68. The topological polar surface area (TPSA) is 54.9 Å². The molecule has 3 rings (SSSR count). The van der Waals surface area contributed by atoms with E-state index in [1.54, 1.807) is 12.4 Å². The first-order chi connectivity index (χ1) is 9.22. The first-order valence-electron chi connectivity index (χ1n) is 5.80. The minimum absolute atomic E-state index is 0.106. The van der Waals surface area contributed by atoms with Crippen LogP contribution in [0.4, 0.5) is 5.13 Å². The SMILES string of the molecule is CC(=O)Nc1ncc(-c2ccc3cnccc3c2)s1. The van der Waals surface area contributed by atoms with Gasteiger partial charge in [-0.2, -0.15) is 0 Å². The van der Waals surface area contributed by atoms with Crippen LogP contribution in [0.15, 0.2) is 42.9 Å². The van der Waals surface area contributed by atoms with Crippen molar-refractivity contribution in [1.29, 1.82) is 0 Å². The van der Waals surface area contributed by atoms with Crippen LogP contribution in [-0.4, -0.2) is 15.9 Å². The van der Waals surface area contributed by atoms with Gasteiger partial charge in [0.25, 0.3) is 0 Å². The highest BCUT2D eigenvalue weighted by atomic mass is 32.1. The normalized spacial score (nSPS) is 10.6. The van der Waals surface area contributed by atoms with Crippen LogP contribution in [0.3, 0.4) is 0 Å². The second kappa shape index (κ2) is 4.78. The number of fused-ring (bicyclic) bond motifs is 1. The zero-order valence-corrected chi connectivity index (χ0v) is 11.1. The molecule has 0 radical (unpaired) electrons. The van der Waals surface area contributed by atoms with Gasteiger partial charge in [0.05, 0.1) is 4.88 Å². The van der Waals surface area contributed by atoms with Crippen molar-refractivity contribution < 1.29 is 4.79 Å². The number of nitrogens with zero attached hydrogens (tertiary/aromatic N) is 2. The smallest absolute Gasteiger partial charge is 0.223 e. The van der Waals surface area contributed by atoms with Crippen LogP contribution in [0, 0.1) is 0 Å². The number of aromatic nitrogens is 2. The quantitative estimate of drug-likeness (QED) is 0.776. The molecule has 0 atom stereocenters. The maximum Gasteiger partial charge on any atom is 0.223 e. The van der Waals surface area contributed by atoms with Crippen molar-refractivity contribution in [1.82, 2.24) is 9.97 Å². The van der Waals surface area contributed by atoms with E-state index in [1.165, 1.54) is 18.3 Å². The second-order valence-electron chi connectivity index (χ2n) is 4.15. The number of rotatable bonds is 2. The number of hydrogen-bond acceptors (Lipinski definition) is 4. The van der Waals surface area contributed by atoms with E-state index in [9.17, 15) is 4.79 Å². The Hall–Kier alpha value is -2.27. The highest BCUT2D eigenvalue weighted by Gasteiger charge is 2.06. The molecule has 0 aliphatic heterocycles. The van der Waals surface area contributed by atoms with Gasteiger partial charge in [-0.05, 0) is 23.1 Å². The number of anilines is 1. The summed E-state index contributed by atoms with van der Waals surface area (Å²) in [6, 6.07) is 8.15. The van der Waals surface area contributed by atoms with Gasteiger partial charge < -0.3 is 5.32 Å². The lowest BCUT2D eigenvalue weighted by Crippen LogP contribution is -2.04. The minimum Gasteiger partial charge on any atom is -0.302 e. The highest BCUT2D eigenvalue weighted by molar-refractivity contribution is 7.19. The van der Waals surface area contributed by atoms with E-state index >= 15 is 0 Å². The molecule has 0 unspecified atom stereocenters. The van der Waals surface area contributed by atoms with E-state index in [-0.39, 0.29) is 5.91 Å². The zero-order chi connectivity index (χ0) is 13.2. The summed E-state index contributed by atoms with van der Waals surface area (Å²) >= 11 is 1.46. The van der Waals surface area contributed by atoms with E-state index in [0.717, 1.165) is 21.2 Å². The lowest BCUT2D eigenvalue weighted by molar-refractivity contribution is -0.114. The van der Waals surface area contributed by atoms with Crippen molar-refractivity contribution in [2.45, 2.75) is 6.92 Å². The monoisotopic (exact) mass is 269 g/mol. The third-order valence-electron chi connectivity index (χ3n) is 2.71. The van der Waals surface area contributed by atoms with Crippen molar-refractivity contribution >= 4 is 33.1 Å². The Morgan fingerprint density at radius 3 is 2.95 bits per heavy atom. The molecule has 19 heavy (non-hydrogen) atoms. The first kappa shape index (κ1) is 11.8. The molecule has 0 saturated heterocycles. The number of thiazole rings is 1. The molecule has 0 aliphatic rings. The van der Waals surface area contributed by atoms with Crippen molar-refractivity contribution in [2.75, 3.05) is 5.32 Å². The summed E-state index contributed by atoms with van der Waals surface area (Å²) in [6.45, 7) is 1.48. The van der Waals surface area contributed by atoms with E-state index in [4.69, 9.17) is 0 Å². The number of nitrogens with one attached hydrogen (secondary N) is 1. The van der Waals surface area contributed by atoms with E-state index in [0.29, 0.717) is 5.13 Å². The van der Waals surface area contributed by atoms with Crippen molar-refractivity contribution in [2.24, 2.45) is 0 Å². The van der Waals surface area contributed by atoms with Crippen LogP contribution in [0.5, 0.6) is 0 Å². The van der Waals surface area contributed by atoms with Gasteiger partial charge in [-0.3, -0.25) is 9.78 Å². The molecule has 0 aliphatic carbocycles. The van der Waals surface area contributed by atoms with Gasteiger partial charge in [-0.15, -0.1) is 0 Å². The summed E-state index contributed by atoms with van der Waals surface area (Å²) in [5.41, 5.74) is 1.09. The number of hydrogen-bond donors (Lipinski definition) is 1. The minimum atomic E-state index is -0.106. The van der Waals surface area contributed by atoms with E-state index < -0.39 is 0 Å². The van der Waals surface area contributed by atoms with Gasteiger partial charge in [0, 0.05) is 30.9 Å². The molecule has 3 aromatic rings. The summed E-state index contributed by atoms with van der Waals surface area (Å²) in [7, 11) is 0. The third kappa shape index (κ3) is 2.46. The van der Waals surface area contributed by atoms with Gasteiger partial charge >= 0.3 is 0 Å². The lowest BCUT2D eigenvalue weighted by Gasteiger charge is -2.00. The fourth-order valence-electron chi connectivity index (χ4n) is 1.85. The Morgan fingerprint density at radius 2 is 2.11 bits per heavy atom. The molecule has 0 fully saturated rings. The largest absolute Gasteiger partial charge is 0.302 e. The maximum absolute atomic E-state index is 11.0. The van der Waals surface area contributed by atoms with Gasteiger partial charge in [-0.1, -0.05) is 23.5 Å². The molecule has 2 heterocycles. The highest BCUT2D eigenvalue weighted by Crippen LogP contribution is 2.30. The second-order valence-corrected chi connectivity index (χ2v) is 5.18. The zero-order valence-electron chi connectivity index (χ0n) is 10.3. The Morgan fingerprint density at radius 1 is 1.21 bits per heavy atom. The van der Waals surface area contributed by atoms with Gasteiger partial charge in [0.1, 0.15) is 0 Å². The summed E-state index contributed by atoms with van der Waals surface area (Å²) in [5.74, 6) is -0.106. The van der Waals surface area contributed by atoms with Gasteiger partial charge in [0.2, 0.25) is 5.91 Å². The van der Waals surface area contributed by atoms with Crippen LogP contribution in [0.2, 0.25) is 0 Å². The molecule has 94 valence electrons. The predicted molar refractivity (Wildman–Crippen MR) is 77.2 cm³/mol. The molecular formula is C14H11N3OS. The Labute approximate surface area is 114 Å². The summed E-state index contributed by atoms with van der Waals surface area (Å²) < 4.78 is 0. The predicted octanol–water partition coefficient (Wildman–Crippen LogP) is 3.32. The van der Waals surface area contributed by atoms with Crippen molar-refractivity contribution in [3.63, 3.8) is 0 Å². The van der Waals surface area contributed by atoms with Crippen LogP contribution in [0.1, 0.15) is 6.92 Å². The van der Waals surface area contributed by atoms with E-state index in [1.807, 2.05) is 24.4 Å². The first-order valence-corrected chi connectivity index (χ1v) is 6.61. The number of carbonyl (C=O) groups is 1. The molecule has 0 saturated carbocycles. The summed E-state index contributed by atoms with van der Waals surface area (Å²) in [6.07, 6.45) is 5.40. The summed E-state index contributed by atoms with van der Waals surface area (Å²) in [4.78, 5) is 20.3. The van der Waals surface area contributed by atoms with Crippen LogP contribution >= 0.6 is 11.3 Å². The fourth-order valence-corrected chi connectivity index (χ4v) is 2.71. The molecule has 1 aromatic carbocycles. The number of benzene rings is 1. The molecule has 4 nitrogen and oxygen atoms in total. The molecule has 1 amide bonds. The molecule has 5 heteroatoms. The van der Waals surface area contributed by atoms with Crippen molar-refractivity contribution in [3.05, 3.63) is 42.9 Å². The lowest BCUT2D eigenvalue weighted by atomic mass is 10.1.